The van der Waals surface area contributed by atoms with Gasteiger partial charge in [0.15, 0.2) is 5.82 Å². The minimum Gasteiger partial charge on any atom is -0.393 e. The molecule has 2 N–H and O–H groups in total. The predicted molar refractivity (Wildman–Crippen MR) is 67.2 cm³/mol. The summed E-state index contributed by atoms with van der Waals surface area (Å²) in [5.41, 5.74) is 6.01. The second-order valence-corrected chi connectivity index (χ2v) is 4.69. The third-order valence-electron chi connectivity index (χ3n) is 3.11. The van der Waals surface area contributed by atoms with Crippen LogP contribution in [0.5, 0.6) is 0 Å². The first-order valence-corrected chi connectivity index (χ1v) is 6.00. The van der Waals surface area contributed by atoms with Crippen LogP contribution in [0.1, 0.15) is 18.7 Å². The Hall–Kier alpha value is -2.44. The number of aromatic nitrogens is 2. The molecule has 0 aliphatic heterocycles. The molecule has 1 fully saturated rings. The molecule has 98 valence electrons. The van der Waals surface area contributed by atoms with Crippen molar-refractivity contribution in [3.8, 4) is 11.5 Å². The van der Waals surface area contributed by atoms with Crippen LogP contribution in [0.2, 0.25) is 0 Å². The fraction of sp³-hybridized carbons (Fsp3) is 0.333. The normalized spacial score (nSPS) is 14.5. The first-order chi connectivity index (χ1) is 9.13. The Morgan fingerprint density at radius 1 is 1.47 bits per heavy atom. The number of nitrogens with two attached hydrogens (primary N) is 1. The van der Waals surface area contributed by atoms with Crippen molar-refractivity contribution in [2.75, 3.05) is 5.73 Å². The first kappa shape index (κ1) is 11.6. The minimum absolute atomic E-state index is 0.117. The summed E-state index contributed by atoms with van der Waals surface area (Å²) in [6.07, 6.45) is 3.22. The van der Waals surface area contributed by atoms with E-state index in [1.54, 1.807) is 6.07 Å². The highest BCUT2D eigenvalue weighted by Gasteiger charge is 2.24. The Kier molecular flexibility index (Phi) is 2.66. The third kappa shape index (κ3) is 2.40. The summed E-state index contributed by atoms with van der Waals surface area (Å²) in [6.45, 7) is 0. The predicted octanol–water partition coefficient (Wildman–Crippen LogP) is 2.18. The number of rotatable bonds is 4. The Morgan fingerprint density at radius 3 is 2.95 bits per heavy atom. The molecule has 0 amide bonds. The first-order valence-electron chi connectivity index (χ1n) is 6.00. The van der Waals surface area contributed by atoms with Gasteiger partial charge in [0.05, 0.1) is 4.92 Å². The quantitative estimate of drug-likeness (QED) is 0.512. The molecule has 1 heterocycles. The molecule has 0 radical (unpaired) electrons. The molecule has 0 spiro atoms. The van der Waals surface area contributed by atoms with Gasteiger partial charge in [-0.1, -0.05) is 5.16 Å². The Balaban J connectivity index is 1.90. The van der Waals surface area contributed by atoms with E-state index in [1.165, 1.54) is 25.0 Å². The van der Waals surface area contributed by atoms with Gasteiger partial charge in [0.2, 0.25) is 0 Å². The topological polar surface area (TPSA) is 108 Å². The second-order valence-electron chi connectivity index (χ2n) is 4.69. The minimum atomic E-state index is -0.527. The van der Waals surface area contributed by atoms with Gasteiger partial charge in [0.25, 0.3) is 11.6 Å². The summed E-state index contributed by atoms with van der Waals surface area (Å²) in [4.78, 5) is 14.5. The maximum Gasteiger partial charge on any atom is 0.292 e. The Bertz CT molecular complexity index is 634. The highest BCUT2D eigenvalue weighted by atomic mass is 16.6. The van der Waals surface area contributed by atoms with Crippen molar-refractivity contribution in [2.45, 2.75) is 19.3 Å². The molecule has 7 heteroatoms. The SMILES string of the molecule is Nc1ccc(-c2nc(CC3CC3)no2)cc1[N+](=O)[O-]. The average Bonchev–Trinajstić information content (AvgIpc) is 3.06. The molecule has 1 aliphatic rings. The van der Waals surface area contributed by atoms with E-state index in [-0.39, 0.29) is 11.4 Å². The van der Waals surface area contributed by atoms with Gasteiger partial charge < -0.3 is 10.3 Å². The lowest BCUT2D eigenvalue weighted by Gasteiger charge is -1.98. The fourth-order valence-electron chi connectivity index (χ4n) is 1.87. The van der Waals surface area contributed by atoms with Crippen LogP contribution >= 0.6 is 0 Å². The molecule has 3 rings (SSSR count). The monoisotopic (exact) mass is 260 g/mol. The standard InChI is InChI=1S/C12H12N4O3/c13-9-4-3-8(6-10(9)16(17)18)12-14-11(15-19-12)5-7-1-2-7/h3-4,6-7H,1-2,5,13H2. The van der Waals surface area contributed by atoms with E-state index in [9.17, 15) is 10.1 Å². The van der Waals surface area contributed by atoms with Crippen molar-refractivity contribution in [1.29, 1.82) is 0 Å². The average molecular weight is 260 g/mol. The second kappa shape index (κ2) is 4.34. The Morgan fingerprint density at radius 2 is 2.26 bits per heavy atom. The molecule has 1 saturated carbocycles. The van der Waals surface area contributed by atoms with Gasteiger partial charge in [-0.05, 0) is 30.9 Å². The van der Waals surface area contributed by atoms with Crippen molar-refractivity contribution in [2.24, 2.45) is 5.92 Å². The molecular weight excluding hydrogens is 248 g/mol. The lowest BCUT2D eigenvalue weighted by atomic mass is 10.1. The van der Waals surface area contributed by atoms with Gasteiger partial charge in [0, 0.05) is 18.1 Å². The van der Waals surface area contributed by atoms with Gasteiger partial charge >= 0.3 is 0 Å². The van der Waals surface area contributed by atoms with Crippen LogP contribution < -0.4 is 5.73 Å². The van der Waals surface area contributed by atoms with Crippen LogP contribution in [0.3, 0.4) is 0 Å². The van der Waals surface area contributed by atoms with Crippen molar-refractivity contribution in [3.05, 3.63) is 34.1 Å². The number of hydrogen-bond donors (Lipinski definition) is 1. The summed E-state index contributed by atoms with van der Waals surface area (Å²) in [7, 11) is 0. The maximum atomic E-state index is 10.8. The Labute approximate surface area is 108 Å². The smallest absolute Gasteiger partial charge is 0.292 e. The summed E-state index contributed by atoms with van der Waals surface area (Å²) < 4.78 is 5.13. The van der Waals surface area contributed by atoms with E-state index in [2.05, 4.69) is 10.1 Å². The summed E-state index contributed by atoms with van der Waals surface area (Å²) >= 11 is 0. The van der Waals surface area contributed by atoms with Crippen LogP contribution in [-0.4, -0.2) is 15.1 Å². The summed E-state index contributed by atoms with van der Waals surface area (Å²) in [5, 5.41) is 14.7. The lowest BCUT2D eigenvalue weighted by molar-refractivity contribution is -0.383. The summed E-state index contributed by atoms with van der Waals surface area (Å²) in [5.74, 6) is 1.60. The van der Waals surface area contributed by atoms with Crippen LogP contribution in [0.4, 0.5) is 11.4 Å². The summed E-state index contributed by atoms with van der Waals surface area (Å²) in [6, 6.07) is 4.46. The molecule has 1 aliphatic carbocycles. The van der Waals surface area contributed by atoms with Gasteiger partial charge in [-0.15, -0.1) is 0 Å². The highest BCUT2D eigenvalue weighted by Crippen LogP contribution is 2.33. The van der Waals surface area contributed by atoms with E-state index in [0.29, 0.717) is 23.2 Å². The van der Waals surface area contributed by atoms with E-state index < -0.39 is 4.92 Å². The molecule has 1 aromatic carbocycles. The van der Waals surface area contributed by atoms with E-state index in [1.807, 2.05) is 0 Å². The molecule has 1 aromatic heterocycles. The molecule has 19 heavy (non-hydrogen) atoms. The van der Waals surface area contributed by atoms with Gasteiger partial charge in [0.1, 0.15) is 5.69 Å². The van der Waals surface area contributed by atoms with E-state index in [0.717, 1.165) is 6.42 Å². The van der Waals surface area contributed by atoms with Crippen molar-refractivity contribution >= 4 is 11.4 Å². The number of nitro groups is 1. The molecule has 0 saturated heterocycles. The van der Waals surface area contributed by atoms with Gasteiger partial charge in [-0.2, -0.15) is 4.98 Å². The van der Waals surface area contributed by atoms with Crippen LogP contribution in [0.15, 0.2) is 22.7 Å². The molecular formula is C12H12N4O3. The number of benzene rings is 1. The number of anilines is 1. The zero-order valence-electron chi connectivity index (χ0n) is 10.1. The lowest BCUT2D eigenvalue weighted by Crippen LogP contribution is -1.95. The van der Waals surface area contributed by atoms with Crippen molar-refractivity contribution in [3.63, 3.8) is 0 Å². The molecule has 2 aromatic rings. The van der Waals surface area contributed by atoms with Crippen molar-refractivity contribution in [1.82, 2.24) is 10.1 Å². The number of nitrogen functional groups attached to an aromatic ring is 1. The maximum absolute atomic E-state index is 10.8. The molecule has 0 unspecified atom stereocenters. The molecule has 0 bridgehead atoms. The fourth-order valence-corrected chi connectivity index (χ4v) is 1.87. The number of nitro benzene ring substituents is 1. The molecule has 7 nitrogen and oxygen atoms in total. The zero-order valence-corrected chi connectivity index (χ0v) is 10.1. The largest absolute Gasteiger partial charge is 0.393 e. The van der Waals surface area contributed by atoms with Crippen molar-refractivity contribution < 1.29 is 9.45 Å². The number of hydrogen-bond acceptors (Lipinski definition) is 6. The highest BCUT2D eigenvalue weighted by molar-refractivity contribution is 5.67. The van der Waals surface area contributed by atoms with Gasteiger partial charge in [-0.3, -0.25) is 10.1 Å². The van der Waals surface area contributed by atoms with E-state index >= 15 is 0 Å². The molecule has 0 atom stereocenters. The van der Waals surface area contributed by atoms with E-state index in [4.69, 9.17) is 10.3 Å². The van der Waals surface area contributed by atoms with Gasteiger partial charge in [-0.25, -0.2) is 0 Å². The van der Waals surface area contributed by atoms with Crippen LogP contribution in [0, 0.1) is 16.0 Å². The number of nitrogens with zero attached hydrogens (tertiary/aromatic N) is 3. The third-order valence-corrected chi connectivity index (χ3v) is 3.11. The van der Waals surface area contributed by atoms with Crippen LogP contribution in [0.25, 0.3) is 11.5 Å². The van der Waals surface area contributed by atoms with Crippen LogP contribution in [-0.2, 0) is 6.42 Å². The zero-order chi connectivity index (χ0) is 13.4.